The summed E-state index contributed by atoms with van der Waals surface area (Å²) in [4.78, 5) is 13.1. The van der Waals surface area contributed by atoms with Crippen LogP contribution < -0.4 is 9.62 Å². The van der Waals surface area contributed by atoms with Gasteiger partial charge in [0.15, 0.2) is 0 Å². The fourth-order valence-corrected chi connectivity index (χ4v) is 5.57. The van der Waals surface area contributed by atoms with Crippen LogP contribution in [0.25, 0.3) is 0 Å². The second kappa shape index (κ2) is 9.40. The van der Waals surface area contributed by atoms with Gasteiger partial charge in [-0.25, -0.2) is 8.42 Å². The van der Waals surface area contributed by atoms with Crippen molar-refractivity contribution in [1.29, 1.82) is 0 Å². The van der Waals surface area contributed by atoms with Crippen molar-refractivity contribution in [3.8, 4) is 0 Å². The monoisotopic (exact) mass is 444 g/mol. The molecule has 1 N–H and O–H groups in total. The number of anilines is 1. The topological polar surface area (TPSA) is 75.7 Å². The Morgan fingerprint density at radius 2 is 1.68 bits per heavy atom. The third kappa shape index (κ3) is 5.46. The molecule has 1 atom stereocenters. The normalized spacial score (nSPS) is 17.0. The van der Waals surface area contributed by atoms with Crippen molar-refractivity contribution in [2.24, 2.45) is 0 Å². The number of ether oxygens (including phenoxy) is 1. The molecule has 1 aliphatic heterocycles. The Labute approximate surface area is 185 Å². The van der Waals surface area contributed by atoms with Gasteiger partial charge in [0.05, 0.1) is 11.9 Å². The van der Waals surface area contributed by atoms with Crippen molar-refractivity contribution in [3.63, 3.8) is 0 Å². The molecule has 0 saturated carbocycles. The Morgan fingerprint density at radius 1 is 1.10 bits per heavy atom. The van der Waals surface area contributed by atoms with E-state index < -0.39 is 16.1 Å². The summed E-state index contributed by atoms with van der Waals surface area (Å²) >= 11 is 0. The minimum absolute atomic E-state index is 0.218. The molecule has 168 valence electrons. The molecule has 0 aromatic heterocycles. The van der Waals surface area contributed by atoms with Crippen LogP contribution in [-0.4, -0.2) is 46.4 Å². The van der Waals surface area contributed by atoms with E-state index >= 15 is 0 Å². The molecule has 1 aliphatic rings. The smallest absolute Gasteiger partial charge is 0.243 e. The first-order valence-electron chi connectivity index (χ1n) is 10.6. The highest BCUT2D eigenvalue weighted by atomic mass is 32.2. The summed E-state index contributed by atoms with van der Waals surface area (Å²) < 4.78 is 32.0. The number of aryl methyl sites for hydroxylation is 2. The molecule has 1 saturated heterocycles. The Hall–Kier alpha value is -2.38. The van der Waals surface area contributed by atoms with Gasteiger partial charge in [-0.2, -0.15) is 0 Å². The first-order chi connectivity index (χ1) is 14.6. The van der Waals surface area contributed by atoms with Gasteiger partial charge in [0.2, 0.25) is 15.9 Å². The van der Waals surface area contributed by atoms with E-state index in [2.05, 4.69) is 17.4 Å². The van der Waals surface area contributed by atoms with Crippen molar-refractivity contribution in [2.45, 2.75) is 45.1 Å². The van der Waals surface area contributed by atoms with Crippen LogP contribution in [0.5, 0.6) is 0 Å². The number of carbonyl (C=O) groups is 1. The van der Waals surface area contributed by atoms with Gasteiger partial charge in [-0.15, -0.1) is 0 Å². The number of hydrogen-bond donors (Lipinski definition) is 1. The molecule has 0 radical (unpaired) electrons. The molecule has 1 fully saturated rings. The maximum Gasteiger partial charge on any atom is 0.243 e. The number of benzene rings is 2. The quantitative estimate of drug-likeness (QED) is 0.711. The lowest BCUT2D eigenvalue weighted by molar-refractivity contribution is -0.122. The Kier molecular flexibility index (Phi) is 7.06. The number of nitrogens with zero attached hydrogens (tertiary/aromatic N) is 1. The van der Waals surface area contributed by atoms with E-state index in [0.717, 1.165) is 30.2 Å². The molecule has 31 heavy (non-hydrogen) atoms. The van der Waals surface area contributed by atoms with Crippen LogP contribution in [0.15, 0.2) is 48.5 Å². The van der Waals surface area contributed by atoms with E-state index in [4.69, 9.17) is 4.74 Å². The predicted molar refractivity (Wildman–Crippen MR) is 124 cm³/mol. The molecule has 0 unspecified atom stereocenters. The van der Waals surface area contributed by atoms with Gasteiger partial charge in [-0.05, 0) is 62.4 Å². The molecule has 6 nitrogen and oxygen atoms in total. The van der Waals surface area contributed by atoms with Gasteiger partial charge in [0.1, 0.15) is 6.04 Å². The largest absolute Gasteiger partial charge is 0.381 e. The van der Waals surface area contributed by atoms with Crippen molar-refractivity contribution >= 4 is 21.6 Å². The summed E-state index contributed by atoms with van der Waals surface area (Å²) in [5.74, 6) is -0.314. The fourth-order valence-electron chi connectivity index (χ4n) is 4.41. The van der Waals surface area contributed by atoms with E-state index in [-0.39, 0.29) is 11.3 Å². The van der Waals surface area contributed by atoms with E-state index in [1.807, 2.05) is 38.1 Å². The van der Waals surface area contributed by atoms with Gasteiger partial charge < -0.3 is 10.1 Å². The second-order valence-electron chi connectivity index (χ2n) is 8.56. The van der Waals surface area contributed by atoms with Gasteiger partial charge in [-0.3, -0.25) is 9.10 Å². The average molecular weight is 445 g/mol. The number of nitrogens with one attached hydrogen (secondary N) is 1. The van der Waals surface area contributed by atoms with E-state index in [0.29, 0.717) is 25.4 Å². The highest BCUT2D eigenvalue weighted by Gasteiger charge is 2.36. The number of rotatable bonds is 7. The van der Waals surface area contributed by atoms with E-state index in [1.54, 1.807) is 19.1 Å². The molecule has 2 aromatic carbocycles. The summed E-state index contributed by atoms with van der Waals surface area (Å²) in [7, 11) is -3.65. The Morgan fingerprint density at radius 3 is 2.23 bits per heavy atom. The molecule has 0 bridgehead atoms. The summed E-state index contributed by atoms with van der Waals surface area (Å²) in [5.41, 5.74) is 3.35. The molecule has 7 heteroatoms. The van der Waals surface area contributed by atoms with E-state index in [9.17, 15) is 13.2 Å². The zero-order valence-corrected chi connectivity index (χ0v) is 19.5. The lowest BCUT2D eigenvalue weighted by Crippen LogP contribution is -2.51. The summed E-state index contributed by atoms with van der Waals surface area (Å²) in [6.45, 7) is 7.17. The third-order valence-electron chi connectivity index (χ3n) is 5.99. The van der Waals surface area contributed by atoms with Gasteiger partial charge in [-0.1, -0.05) is 36.4 Å². The Balaban J connectivity index is 1.83. The molecular weight excluding hydrogens is 412 g/mol. The van der Waals surface area contributed by atoms with Crippen LogP contribution in [0.3, 0.4) is 0 Å². The van der Waals surface area contributed by atoms with Crippen molar-refractivity contribution in [3.05, 3.63) is 65.2 Å². The minimum atomic E-state index is -3.65. The molecule has 0 aliphatic carbocycles. The fraction of sp³-hybridized carbons (Fsp3) is 0.458. The standard InChI is InChI=1S/C24H32N2O4S/c1-18-14-19(2)16-22(15-18)26(31(4,28)29)20(3)23(27)25-17-24(10-12-30-13-11-24)21-8-6-5-7-9-21/h5-9,14-16,20H,10-13,17H2,1-4H3,(H,25,27)/t20-/m0/s1. The minimum Gasteiger partial charge on any atom is -0.381 e. The molecule has 2 aromatic rings. The van der Waals surface area contributed by atoms with Crippen LogP contribution in [0.2, 0.25) is 0 Å². The van der Waals surface area contributed by atoms with Crippen LogP contribution >= 0.6 is 0 Å². The third-order valence-corrected chi connectivity index (χ3v) is 7.23. The van der Waals surface area contributed by atoms with Crippen LogP contribution in [0.1, 0.15) is 36.5 Å². The SMILES string of the molecule is Cc1cc(C)cc(N([C@@H](C)C(=O)NCC2(c3ccccc3)CCOCC2)S(C)(=O)=O)c1. The molecule has 1 amide bonds. The zero-order valence-electron chi connectivity index (χ0n) is 18.7. The average Bonchev–Trinajstić information content (AvgIpc) is 2.71. The second-order valence-corrected chi connectivity index (χ2v) is 10.4. The van der Waals surface area contributed by atoms with Crippen LogP contribution in [0, 0.1) is 13.8 Å². The van der Waals surface area contributed by atoms with Gasteiger partial charge in [0, 0.05) is 25.2 Å². The first kappa shape index (κ1) is 23.3. The number of carbonyl (C=O) groups excluding carboxylic acids is 1. The van der Waals surface area contributed by atoms with Crippen molar-refractivity contribution in [2.75, 3.05) is 30.3 Å². The molecular formula is C24H32N2O4S. The van der Waals surface area contributed by atoms with Crippen LogP contribution in [-0.2, 0) is 25.0 Å². The lowest BCUT2D eigenvalue weighted by Gasteiger charge is -2.38. The number of sulfonamides is 1. The predicted octanol–water partition coefficient (Wildman–Crippen LogP) is 3.32. The summed E-state index contributed by atoms with van der Waals surface area (Å²) in [5, 5.41) is 3.04. The number of hydrogen-bond acceptors (Lipinski definition) is 4. The summed E-state index contributed by atoms with van der Waals surface area (Å²) in [6, 6.07) is 14.8. The molecule has 1 heterocycles. The highest BCUT2D eigenvalue weighted by Crippen LogP contribution is 2.34. The van der Waals surface area contributed by atoms with Gasteiger partial charge >= 0.3 is 0 Å². The zero-order chi connectivity index (χ0) is 22.6. The lowest BCUT2D eigenvalue weighted by atomic mass is 9.74. The summed E-state index contributed by atoms with van der Waals surface area (Å²) in [6.07, 6.45) is 2.75. The maximum absolute atomic E-state index is 13.1. The Bertz CT molecular complexity index is 995. The van der Waals surface area contributed by atoms with Crippen LogP contribution in [0.4, 0.5) is 5.69 Å². The first-order valence-corrected chi connectivity index (χ1v) is 12.5. The van der Waals surface area contributed by atoms with Crippen molar-refractivity contribution < 1.29 is 17.9 Å². The van der Waals surface area contributed by atoms with E-state index in [1.165, 1.54) is 9.87 Å². The number of amides is 1. The van der Waals surface area contributed by atoms with Crippen molar-refractivity contribution in [1.82, 2.24) is 5.32 Å². The highest BCUT2D eigenvalue weighted by molar-refractivity contribution is 7.92. The molecule has 3 rings (SSSR count). The molecule has 0 spiro atoms. The van der Waals surface area contributed by atoms with Gasteiger partial charge in [0.25, 0.3) is 0 Å². The maximum atomic E-state index is 13.1.